The number of nitrogens with one attached hydrogen (secondary N) is 4. The lowest BCUT2D eigenvalue weighted by Crippen LogP contribution is -2.54. The number of amides is 1. The maximum Gasteiger partial charge on any atom is 0.260 e. The van der Waals surface area contributed by atoms with Crippen molar-refractivity contribution in [1.29, 1.82) is 10.8 Å². The topological polar surface area (TPSA) is 95.3 Å². The zero-order chi connectivity index (χ0) is 26.7. The lowest BCUT2D eigenvalue weighted by Gasteiger charge is -2.44. The van der Waals surface area contributed by atoms with E-state index in [0.717, 1.165) is 44.2 Å². The van der Waals surface area contributed by atoms with Gasteiger partial charge in [-0.3, -0.25) is 20.5 Å². The highest BCUT2D eigenvalue weighted by molar-refractivity contribution is 5.98. The van der Waals surface area contributed by atoms with Crippen molar-refractivity contribution in [3.05, 3.63) is 35.9 Å². The number of amidine groups is 2. The van der Waals surface area contributed by atoms with E-state index in [1.165, 1.54) is 0 Å². The van der Waals surface area contributed by atoms with Crippen LogP contribution in [0, 0.1) is 16.7 Å². The first-order valence-corrected chi connectivity index (χ1v) is 13.7. The van der Waals surface area contributed by atoms with E-state index in [4.69, 9.17) is 10.8 Å². The lowest BCUT2D eigenvalue weighted by molar-refractivity contribution is -0.126. The van der Waals surface area contributed by atoms with E-state index in [1.807, 2.05) is 49.1 Å². The van der Waals surface area contributed by atoms with Crippen molar-refractivity contribution in [2.75, 3.05) is 13.1 Å². The summed E-state index contributed by atoms with van der Waals surface area (Å²) in [5.41, 5.74) is 1.02. The van der Waals surface area contributed by atoms with Crippen LogP contribution in [0.2, 0.25) is 0 Å². The number of carbonyl (C=O) groups excluding carboxylic acids is 1. The molecule has 0 aliphatic carbocycles. The Morgan fingerprint density at radius 1 is 1.16 bits per heavy atom. The van der Waals surface area contributed by atoms with E-state index in [-0.39, 0.29) is 36.8 Å². The van der Waals surface area contributed by atoms with Gasteiger partial charge in [0.2, 0.25) is 5.91 Å². The molecule has 3 fully saturated rings. The molecule has 0 spiro atoms. The highest BCUT2D eigenvalue weighted by atomic mass is 19.3. The second kappa shape index (κ2) is 11.6. The Bertz CT molecular complexity index is 947. The molecule has 0 radical (unpaired) electrons. The van der Waals surface area contributed by atoms with Crippen LogP contribution in [-0.4, -0.2) is 70.6 Å². The second-order valence-corrected chi connectivity index (χ2v) is 11.3. The fourth-order valence-corrected chi connectivity index (χ4v) is 6.35. The molecule has 5 atom stereocenters. The molecule has 3 saturated heterocycles. The van der Waals surface area contributed by atoms with Crippen molar-refractivity contribution in [2.45, 2.75) is 102 Å². The Morgan fingerprint density at radius 2 is 1.81 bits per heavy atom. The molecule has 1 amide bonds. The molecule has 37 heavy (non-hydrogen) atoms. The van der Waals surface area contributed by atoms with Crippen LogP contribution >= 0.6 is 0 Å². The van der Waals surface area contributed by atoms with Crippen molar-refractivity contribution >= 4 is 17.6 Å². The van der Waals surface area contributed by atoms with E-state index < -0.39 is 18.5 Å². The van der Waals surface area contributed by atoms with E-state index in [2.05, 4.69) is 15.5 Å². The molecule has 1 aromatic carbocycles. The molecule has 4 rings (SSSR count). The highest BCUT2D eigenvalue weighted by Crippen LogP contribution is 2.39. The Morgan fingerprint density at radius 3 is 2.35 bits per heavy atom. The molecule has 0 aromatic heterocycles. The van der Waals surface area contributed by atoms with E-state index in [9.17, 15) is 13.6 Å². The Labute approximate surface area is 219 Å². The van der Waals surface area contributed by atoms with E-state index in [1.54, 1.807) is 6.92 Å². The van der Waals surface area contributed by atoms with Gasteiger partial charge in [0, 0.05) is 37.0 Å². The van der Waals surface area contributed by atoms with Crippen LogP contribution in [0.1, 0.15) is 77.3 Å². The largest absolute Gasteiger partial charge is 0.348 e. The minimum absolute atomic E-state index is 0.0797. The summed E-state index contributed by atoms with van der Waals surface area (Å²) in [6.45, 7) is 6.17. The molecule has 0 saturated carbocycles. The quantitative estimate of drug-likeness (QED) is 0.301. The third kappa shape index (κ3) is 6.55. The van der Waals surface area contributed by atoms with Gasteiger partial charge in [-0.05, 0) is 51.0 Å². The van der Waals surface area contributed by atoms with Crippen molar-refractivity contribution < 1.29 is 13.6 Å². The second-order valence-electron chi connectivity index (χ2n) is 11.3. The van der Waals surface area contributed by atoms with Gasteiger partial charge < -0.3 is 15.5 Å². The van der Waals surface area contributed by atoms with Gasteiger partial charge in [-0.2, -0.15) is 0 Å². The summed E-state index contributed by atoms with van der Waals surface area (Å²) in [6, 6.07) is 10.1. The Kier molecular flexibility index (Phi) is 8.63. The van der Waals surface area contributed by atoms with Crippen LogP contribution in [0.5, 0.6) is 0 Å². The lowest BCUT2D eigenvalue weighted by atomic mass is 9.93. The number of hydrogen-bond donors (Lipinski definition) is 4. The zero-order valence-corrected chi connectivity index (χ0v) is 22.3. The van der Waals surface area contributed by atoms with E-state index >= 15 is 0 Å². The fourth-order valence-electron chi connectivity index (χ4n) is 6.35. The summed E-state index contributed by atoms with van der Waals surface area (Å²) in [6.07, 6.45) is 4.70. The summed E-state index contributed by atoms with van der Waals surface area (Å²) in [7, 11) is 0. The first-order valence-electron chi connectivity index (χ1n) is 13.7. The predicted octanol–water partition coefficient (Wildman–Crippen LogP) is 4.55. The average Bonchev–Trinajstić information content (AvgIpc) is 3.09. The van der Waals surface area contributed by atoms with Gasteiger partial charge in [0.25, 0.3) is 5.92 Å². The zero-order valence-electron chi connectivity index (χ0n) is 22.3. The predicted molar refractivity (Wildman–Crippen MR) is 142 cm³/mol. The average molecular weight is 517 g/mol. The van der Waals surface area contributed by atoms with Crippen LogP contribution in [0.3, 0.4) is 0 Å². The van der Waals surface area contributed by atoms with Gasteiger partial charge in [0.1, 0.15) is 5.84 Å². The number of halogens is 2. The smallest absolute Gasteiger partial charge is 0.260 e. The number of hydrogen-bond acceptors (Lipinski definition) is 5. The molecule has 204 valence electrons. The first-order chi connectivity index (χ1) is 17.6. The number of nitrogens with zero attached hydrogens (tertiary/aromatic N) is 2. The third-order valence-electron chi connectivity index (χ3n) is 8.31. The summed E-state index contributed by atoms with van der Waals surface area (Å²) >= 11 is 0. The highest BCUT2D eigenvalue weighted by Gasteiger charge is 2.43. The number of piperidine rings is 2. The summed E-state index contributed by atoms with van der Waals surface area (Å²) in [4.78, 5) is 17.5. The minimum Gasteiger partial charge on any atom is -0.348 e. The Hall–Kier alpha value is -2.39. The van der Waals surface area contributed by atoms with Gasteiger partial charge in [-0.25, -0.2) is 8.78 Å². The molecule has 2 bridgehead atoms. The summed E-state index contributed by atoms with van der Waals surface area (Å²) < 4.78 is 27.1. The Balaban J connectivity index is 1.40. The van der Waals surface area contributed by atoms with E-state index in [0.29, 0.717) is 23.8 Å². The van der Waals surface area contributed by atoms with Crippen LogP contribution in [-0.2, 0) is 4.79 Å². The first kappa shape index (κ1) is 27.6. The molecule has 4 N–H and O–H groups in total. The molecule has 3 heterocycles. The van der Waals surface area contributed by atoms with Gasteiger partial charge in [-0.15, -0.1) is 0 Å². The maximum atomic E-state index is 13.6. The maximum absolute atomic E-state index is 13.6. The minimum atomic E-state index is -2.75. The molecular weight excluding hydrogens is 474 g/mol. The third-order valence-corrected chi connectivity index (χ3v) is 8.31. The summed E-state index contributed by atoms with van der Waals surface area (Å²) in [5.74, 6) is -1.92. The van der Waals surface area contributed by atoms with Crippen molar-refractivity contribution in [2.24, 2.45) is 5.92 Å². The number of benzene rings is 1. The van der Waals surface area contributed by atoms with Crippen LogP contribution in [0.25, 0.3) is 0 Å². The monoisotopic (exact) mass is 516 g/mol. The number of rotatable bonds is 8. The van der Waals surface area contributed by atoms with Crippen LogP contribution < -0.4 is 10.6 Å². The van der Waals surface area contributed by atoms with Gasteiger partial charge in [-0.1, -0.05) is 44.2 Å². The molecule has 7 nitrogen and oxygen atoms in total. The van der Waals surface area contributed by atoms with Gasteiger partial charge in [0.15, 0.2) is 0 Å². The molecular formula is C28H42F2N6O. The normalized spacial score (nSPS) is 28.1. The number of fused-ring (bicyclic) bond motifs is 2. The number of alkyl halides is 2. The molecule has 3 aliphatic heterocycles. The van der Waals surface area contributed by atoms with Crippen molar-refractivity contribution in [3.8, 4) is 0 Å². The fraction of sp³-hybridized carbons (Fsp3) is 0.679. The molecule has 3 unspecified atom stereocenters. The SMILES string of the molecule is CC(=N)N(C(=N)C(C)C)C1CC2CC[C@@H](C1)N2CC[C@H](NC(=O)C1CCC(F)(F)CN1)c1ccccc1. The van der Waals surface area contributed by atoms with Crippen molar-refractivity contribution in [1.82, 2.24) is 20.4 Å². The van der Waals surface area contributed by atoms with Crippen LogP contribution in [0.4, 0.5) is 8.78 Å². The summed E-state index contributed by atoms with van der Waals surface area (Å²) in [5, 5.41) is 22.7. The molecule has 9 heteroatoms. The molecule has 1 aromatic rings. The standard InChI is InChI=1S/C28H42F2N6O/c1-18(2)26(32)36(19(3)31)23-15-21-9-10-22(16-23)35(21)14-12-24(20-7-5-4-6-8-20)34-27(37)25-11-13-28(29,30)17-33-25/h4-8,18,21-25,31-33H,9-17H2,1-3H3,(H,34,37)/t21-,22?,23?,24-,25?/m0/s1. The van der Waals surface area contributed by atoms with Crippen molar-refractivity contribution in [3.63, 3.8) is 0 Å². The van der Waals surface area contributed by atoms with Crippen LogP contribution in [0.15, 0.2) is 30.3 Å². The molecule has 3 aliphatic rings. The van der Waals surface area contributed by atoms with Gasteiger partial charge in [0.05, 0.1) is 24.5 Å². The number of carbonyl (C=O) groups is 1. The van der Waals surface area contributed by atoms with Gasteiger partial charge >= 0.3 is 0 Å².